The van der Waals surface area contributed by atoms with Crippen LogP contribution in [0.25, 0.3) is 0 Å². The number of amides is 1. The van der Waals surface area contributed by atoms with Crippen LogP contribution in [0.3, 0.4) is 0 Å². The summed E-state index contributed by atoms with van der Waals surface area (Å²) in [6.07, 6.45) is 0.572. The average Bonchev–Trinajstić information content (AvgIpc) is 2.86. The number of rotatable bonds is 5. The molecule has 0 bridgehead atoms. The second-order valence-electron chi connectivity index (χ2n) is 7.74. The second kappa shape index (κ2) is 8.28. The number of nitrogens with one attached hydrogen (secondary N) is 1. The van der Waals surface area contributed by atoms with Gasteiger partial charge in [-0.1, -0.05) is 25.4 Å². The zero-order valence-electron chi connectivity index (χ0n) is 15.7. The molecule has 1 aliphatic heterocycles. The van der Waals surface area contributed by atoms with E-state index in [9.17, 15) is 4.79 Å². The van der Waals surface area contributed by atoms with E-state index >= 15 is 0 Å². The highest BCUT2D eigenvalue weighted by Crippen LogP contribution is 2.30. The van der Waals surface area contributed by atoms with Crippen molar-refractivity contribution in [1.29, 1.82) is 0 Å². The molecule has 0 aliphatic carbocycles. The standard InChI is InChI=1S/C19H28ClN2O3/c1-13(2)11-22-9-8-15(12-22)24-17-10-14(6-7-16(17)20)21-18(23)25-19(3,4)5/h6-7,10,15H,8-9,11-12H2,1-5H3,(H,21,23)/t15-/m1/s1. The minimum Gasteiger partial charge on any atom is -0.487 e. The van der Waals surface area contributed by atoms with Crippen LogP contribution in [0.4, 0.5) is 10.5 Å². The largest absolute Gasteiger partial charge is 0.487 e. The van der Waals surface area contributed by atoms with Gasteiger partial charge in [0.05, 0.1) is 5.02 Å². The van der Waals surface area contributed by atoms with Gasteiger partial charge in [0.25, 0.3) is 0 Å². The highest BCUT2D eigenvalue weighted by atomic mass is 35.5. The molecule has 0 saturated carbocycles. The van der Waals surface area contributed by atoms with Crippen molar-refractivity contribution < 1.29 is 14.3 Å². The average molecular weight is 368 g/mol. The Morgan fingerprint density at radius 2 is 2.08 bits per heavy atom. The molecule has 139 valence electrons. The molecule has 25 heavy (non-hydrogen) atoms. The molecule has 0 unspecified atom stereocenters. The minimum atomic E-state index is -0.544. The van der Waals surface area contributed by atoms with E-state index in [-0.39, 0.29) is 6.10 Å². The SMILES string of the molecule is C[C](C)CN1CC[C@@H](Oc2cc(NC(=O)OC(C)(C)C)ccc2Cl)C1. The summed E-state index contributed by atoms with van der Waals surface area (Å²) in [6, 6.07) is 5.20. The smallest absolute Gasteiger partial charge is 0.412 e. The molecule has 1 amide bonds. The molecule has 1 radical (unpaired) electrons. The van der Waals surface area contributed by atoms with E-state index in [1.165, 1.54) is 5.92 Å². The topological polar surface area (TPSA) is 50.8 Å². The molecular formula is C19H28ClN2O3. The molecule has 0 spiro atoms. The molecule has 2 rings (SSSR count). The van der Waals surface area contributed by atoms with Crippen LogP contribution in [-0.2, 0) is 4.74 Å². The lowest BCUT2D eigenvalue weighted by Gasteiger charge is -2.20. The van der Waals surface area contributed by atoms with Gasteiger partial charge in [-0.2, -0.15) is 0 Å². The molecule has 1 atom stereocenters. The Labute approximate surface area is 155 Å². The number of likely N-dealkylation sites (tertiary alicyclic amines) is 1. The van der Waals surface area contributed by atoms with Crippen LogP contribution in [0, 0.1) is 5.92 Å². The molecule has 1 saturated heterocycles. The lowest BCUT2D eigenvalue weighted by molar-refractivity contribution is 0.0636. The summed E-state index contributed by atoms with van der Waals surface area (Å²) >= 11 is 6.25. The second-order valence-corrected chi connectivity index (χ2v) is 8.15. The van der Waals surface area contributed by atoms with E-state index in [1.807, 2.05) is 20.8 Å². The fraction of sp³-hybridized carbons (Fsp3) is 0.579. The first-order valence-corrected chi connectivity index (χ1v) is 8.98. The normalized spacial score (nSPS) is 18.4. The van der Waals surface area contributed by atoms with Crippen LogP contribution < -0.4 is 10.1 Å². The van der Waals surface area contributed by atoms with Gasteiger partial charge in [0, 0.05) is 31.4 Å². The van der Waals surface area contributed by atoms with Crippen molar-refractivity contribution in [2.45, 2.75) is 52.7 Å². The Kier molecular flexibility index (Phi) is 6.58. The number of carbonyl (C=O) groups is 1. The number of anilines is 1. The molecule has 0 aromatic heterocycles. The monoisotopic (exact) mass is 367 g/mol. The van der Waals surface area contributed by atoms with Crippen molar-refractivity contribution in [1.82, 2.24) is 4.90 Å². The number of carbonyl (C=O) groups excluding carboxylic acids is 1. The first-order chi connectivity index (χ1) is 11.6. The fourth-order valence-corrected chi connectivity index (χ4v) is 2.92. The van der Waals surface area contributed by atoms with Crippen LogP contribution >= 0.6 is 11.6 Å². The summed E-state index contributed by atoms with van der Waals surface area (Å²) in [7, 11) is 0. The minimum absolute atomic E-state index is 0.105. The van der Waals surface area contributed by atoms with Crippen molar-refractivity contribution in [3.63, 3.8) is 0 Å². The molecule has 6 heteroatoms. The van der Waals surface area contributed by atoms with Crippen molar-refractivity contribution in [3.05, 3.63) is 29.1 Å². The lowest BCUT2D eigenvalue weighted by atomic mass is 10.2. The molecule has 1 fully saturated rings. The maximum absolute atomic E-state index is 11.9. The zero-order chi connectivity index (χ0) is 18.6. The van der Waals surface area contributed by atoms with Crippen LogP contribution in [0.2, 0.25) is 5.02 Å². The highest BCUT2D eigenvalue weighted by Gasteiger charge is 2.25. The van der Waals surface area contributed by atoms with E-state index in [4.69, 9.17) is 21.1 Å². The summed E-state index contributed by atoms with van der Waals surface area (Å²) in [5, 5.41) is 3.25. The highest BCUT2D eigenvalue weighted by molar-refractivity contribution is 6.32. The van der Waals surface area contributed by atoms with Gasteiger partial charge in [-0.15, -0.1) is 0 Å². The maximum atomic E-state index is 11.9. The maximum Gasteiger partial charge on any atom is 0.412 e. The molecule has 1 N–H and O–H groups in total. The summed E-state index contributed by atoms with van der Waals surface area (Å²) in [5.74, 6) is 1.97. The molecule has 1 aliphatic rings. The van der Waals surface area contributed by atoms with E-state index in [1.54, 1.807) is 18.2 Å². The molecule has 1 aromatic carbocycles. The molecule has 1 aromatic rings. The van der Waals surface area contributed by atoms with Crippen molar-refractivity contribution in [2.75, 3.05) is 25.0 Å². The Morgan fingerprint density at radius 1 is 1.36 bits per heavy atom. The summed E-state index contributed by atoms with van der Waals surface area (Å²) in [4.78, 5) is 14.3. The molecule has 1 heterocycles. The Morgan fingerprint density at radius 3 is 2.72 bits per heavy atom. The third-order valence-corrected chi connectivity index (χ3v) is 3.95. The number of hydrogen-bond acceptors (Lipinski definition) is 4. The third kappa shape index (κ3) is 6.75. The van der Waals surface area contributed by atoms with Gasteiger partial charge in [0.2, 0.25) is 0 Å². The van der Waals surface area contributed by atoms with Gasteiger partial charge < -0.3 is 9.47 Å². The van der Waals surface area contributed by atoms with Crippen LogP contribution in [0.15, 0.2) is 18.2 Å². The number of benzene rings is 1. The van der Waals surface area contributed by atoms with Crippen molar-refractivity contribution in [3.8, 4) is 5.75 Å². The Bertz CT molecular complexity index is 599. The fourth-order valence-electron chi connectivity index (χ4n) is 2.76. The van der Waals surface area contributed by atoms with Crippen LogP contribution in [-0.4, -0.2) is 42.3 Å². The number of ether oxygens (including phenoxy) is 2. The predicted octanol–water partition coefficient (Wildman–Crippen LogP) is 4.75. The van der Waals surface area contributed by atoms with Crippen molar-refractivity contribution in [2.24, 2.45) is 0 Å². The lowest BCUT2D eigenvalue weighted by Crippen LogP contribution is -2.28. The first kappa shape index (κ1) is 19.9. The quantitative estimate of drug-likeness (QED) is 0.815. The van der Waals surface area contributed by atoms with Gasteiger partial charge >= 0.3 is 6.09 Å². The van der Waals surface area contributed by atoms with E-state index in [0.29, 0.717) is 16.5 Å². The van der Waals surface area contributed by atoms with Gasteiger partial charge in [-0.25, -0.2) is 4.79 Å². The Hall–Kier alpha value is -1.46. The van der Waals surface area contributed by atoms with Gasteiger partial charge in [0.15, 0.2) is 0 Å². The summed E-state index contributed by atoms with van der Waals surface area (Å²) in [6.45, 7) is 12.6. The first-order valence-electron chi connectivity index (χ1n) is 8.60. The molecular weight excluding hydrogens is 340 g/mol. The van der Waals surface area contributed by atoms with E-state index in [0.717, 1.165) is 26.1 Å². The number of hydrogen-bond donors (Lipinski definition) is 1. The van der Waals surface area contributed by atoms with Crippen LogP contribution in [0.1, 0.15) is 41.0 Å². The molecule has 5 nitrogen and oxygen atoms in total. The number of nitrogens with zero attached hydrogens (tertiary/aromatic N) is 1. The zero-order valence-corrected chi connectivity index (χ0v) is 16.4. The van der Waals surface area contributed by atoms with E-state index < -0.39 is 11.7 Å². The van der Waals surface area contributed by atoms with Crippen molar-refractivity contribution >= 4 is 23.4 Å². The van der Waals surface area contributed by atoms with E-state index in [2.05, 4.69) is 24.1 Å². The van der Waals surface area contributed by atoms with Gasteiger partial charge in [-0.3, -0.25) is 10.2 Å². The third-order valence-electron chi connectivity index (χ3n) is 3.64. The predicted molar refractivity (Wildman–Crippen MR) is 101 cm³/mol. The van der Waals surface area contributed by atoms with Gasteiger partial charge in [0.1, 0.15) is 17.5 Å². The summed E-state index contributed by atoms with van der Waals surface area (Å²) < 4.78 is 11.3. The Balaban J connectivity index is 1.96. The van der Waals surface area contributed by atoms with Gasteiger partial charge in [-0.05, 0) is 45.2 Å². The summed E-state index contributed by atoms with van der Waals surface area (Å²) in [5.41, 5.74) is 0.0543. The van der Waals surface area contributed by atoms with Crippen LogP contribution in [0.5, 0.6) is 5.75 Å². The number of halogens is 1.